The van der Waals surface area contributed by atoms with Gasteiger partial charge in [0, 0.05) is 15.6 Å². The highest BCUT2D eigenvalue weighted by atomic mass is 79.9. The van der Waals surface area contributed by atoms with Crippen LogP contribution in [0.5, 0.6) is 0 Å². The molecule has 1 rings (SSSR count). The normalized spacial score (nSPS) is 10.6. The molecule has 0 radical (unpaired) electrons. The van der Waals surface area contributed by atoms with E-state index in [4.69, 9.17) is 11.6 Å². The summed E-state index contributed by atoms with van der Waals surface area (Å²) < 4.78 is 0.734. The lowest BCUT2D eigenvalue weighted by Crippen LogP contribution is -1.83. The minimum atomic E-state index is -0.513. The van der Waals surface area contributed by atoms with E-state index >= 15 is 0 Å². The Bertz CT molecular complexity index is 365. The number of benzene rings is 1. The van der Waals surface area contributed by atoms with E-state index in [1.54, 1.807) is 18.2 Å². The monoisotopic (exact) mass is 261 g/mol. The third-order valence-electron chi connectivity index (χ3n) is 1.34. The van der Waals surface area contributed by atoms with Crippen molar-refractivity contribution in [2.45, 2.75) is 0 Å². The number of halogens is 2. The van der Waals surface area contributed by atoms with Gasteiger partial charge in [-0.1, -0.05) is 33.6 Å². The summed E-state index contributed by atoms with van der Waals surface area (Å²) in [5.41, 5.74) is 0.723. The molecular formula is C8H5BrClNO2. The fraction of sp³-hybridized carbons (Fsp3) is 0. The molecule has 0 amide bonds. The van der Waals surface area contributed by atoms with Crippen molar-refractivity contribution in [3.05, 3.63) is 49.6 Å². The molecule has 0 heterocycles. The van der Waals surface area contributed by atoms with E-state index in [0.29, 0.717) is 5.02 Å². The maximum Gasteiger partial charge on any atom is 0.235 e. The van der Waals surface area contributed by atoms with Crippen molar-refractivity contribution < 1.29 is 4.92 Å². The third-order valence-corrected chi connectivity index (χ3v) is 2.26. The zero-order valence-corrected chi connectivity index (χ0v) is 8.75. The number of rotatable bonds is 2. The van der Waals surface area contributed by atoms with Crippen LogP contribution < -0.4 is 0 Å². The SMILES string of the molecule is O=[N+]([O-])/C=C/c1ccc(Cl)cc1Br. The van der Waals surface area contributed by atoms with Crippen LogP contribution in [0, 0.1) is 10.1 Å². The molecule has 0 aliphatic rings. The maximum atomic E-state index is 10.0. The molecular weight excluding hydrogens is 257 g/mol. The lowest BCUT2D eigenvalue weighted by Gasteiger charge is -1.96. The minimum Gasteiger partial charge on any atom is -0.259 e. The Balaban J connectivity index is 2.96. The van der Waals surface area contributed by atoms with Crippen LogP contribution in [0.25, 0.3) is 6.08 Å². The lowest BCUT2D eigenvalue weighted by molar-refractivity contribution is -0.400. The summed E-state index contributed by atoms with van der Waals surface area (Å²) in [6.45, 7) is 0. The Morgan fingerprint density at radius 3 is 2.77 bits per heavy atom. The molecule has 0 unspecified atom stereocenters. The molecule has 0 saturated heterocycles. The van der Waals surface area contributed by atoms with E-state index in [9.17, 15) is 10.1 Å². The minimum absolute atomic E-state index is 0.513. The summed E-state index contributed by atoms with van der Waals surface area (Å²) in [7, 11) is 0. The van der Waals surface area contributed by atoms with Crippen LogP contribution in [0.4, 0.5) is 0 Å². The van der Waals surface area contributed by atoms with Crippen molar-refractivity contribution in [1.29, 1.82) is 0 Å². The van der Waals surface area contributed by atoms with Crippen LogP contribution in [0.2, 0.25) is 5.02 Å². The molecule has 0 fully saturated rings. The molecule has 68 valence electrons. The van der Waals surface area contributed by atoms with Crippen LogP contribution >= 0.6 is 27.5 Å². The Kier molecular flexibility index (Phi) is 3.45. The van der Waals surface area contributed by atoms with Gasteiger partial charge < -0.3 is 0 Å². The highest BCUT2D eigenvalue weighted by Crippen LogP contribution is 2.22. The summed E-state index contributed by atoms with van der Waals surface area (Å²) >= 11 is 8.93. The van der Waals surface area contributed by atoms with Crippen molar-refractivity contribution in [2.75, 3.05) is 0 Å². The predicted molar refractivity (Wildman–Crippen MR) is 55.2 cm³/mol. The van der Waals surface area contributed by atoms with Gasteiger partial charge in [0.2, 0.25) is 6.20 Å². The zero-order valence-electron chi connectivity index (χ0n) is 6.41. The largest absolute Gasteiger partial charge is 0.259 e. The summed E-state index contributed by atoms with van der Waals surface area (Å²) in [6.07, 6.45) is 2.29. The molecule has 0 bridgehead atoms. The third kappa shape index (κ3) is 3.16. The highest BCUT2D eigenvalue weighted by Gasteiger charge is 1.98. The van der Waals surface area contributed by atoms with Gasteiger partial charge in [-0.25, -0.2) is 0 Å². The number of hydrogen-bond acceptors (Lipinski definition) is 2. The molecule has 0 N–H and O–H groups in total. The molecule has 0 aliphatic heterocycles. The lowest BCUT2D eigenvalue weighted by atomic mass is 10.2. The second-order valence-corrected chi connectivity index (χ2v) is 3.56. The second kappa shape index (κ2) is 4.39. The molecule has 0 saturated carbocycles. The van der Waals surface area contributed by atoms with Gasteiger partial charge in [-0.2, -0.15) is 0 Å². The van der Waals surface area contributed by atoms with Crippen molar-refractivity contribution in [3.63, 3.8) is 0 Å². The van der Waals surface area contributed by atoms with Gasteiger partial charge in [0.1, 0.15) is 0 Å². The molecule has 5 heteroatoms. The average molecular weight is 262 g/mol. The van der Waals surface area contributed by atoms with E-state index in [2.05, 4.69) is 15.9 Å². The standard InChI is InChI=1S/C8H5BrClNO2/c9-8-5-7(10)2-1-6(8)3-4-11(12)13/h1-5H/b4-3+. The summed E-state index contributed by atoms with van der Waals surface area (Å²) in [4.78, 5) is 9.52. The average Bonchev–Trinajstić information content (AvgIpc) is 2.02. The van der Waals surface area contributed by atoms with E-state index in [-0.39, 0.29) is 0 Å². The molecule has 0 aliphatic carbocycles. The first-order chi connectivity index (χ1) is 6.09. The first-order valence-electron chi connectivity index (χ1n) is 3.36. The van der Waals surface area contributed by atoms with Crippen LogP contribution in [-0.4, -0.2) is 4.92 Å². The Labute approximate surface area is 88.3 Å². The fourth-order valence-corrected chi connectivity index (χ4v) is 1.59. The highest BCUT2D eigenvalue weighted by molar-refractivity contribution is 9.10. The van der Waals surface area contributed by atoms with Crippen molar-refractivity contribution in [3.8, 4) is 0 Å². The molecule has 0 atom stereocenters. The Morgan fingerprint density at radius 1 is 1.54 bits per heavy atom. The van der Waals surface area contributed by atoms with Gasteiger partial charge in [0.15, 0.2) is 0 Å². The topological polar surface area (TPSA) is 43.1 Å². The predicted octanol–water partition coefficient (Wildman–Crippen LogP) is 3.35. The van der Waals surface area contributed by atoms with Crippen molar-refractivity contribution >= 4 is 33.6 Å². The van der Waals surface area contributed by atoms with Crippen LogP contribution in [0.15, 0.2) is 28.9 Å². The molecule has 0 aromatic heterocycles. The van der Waals surface area contributed by atoms with Crippen molar-refractivity contribution in [2.24, 2.45) is 0 Å². The summed E-state index contributed by atoms with van der Waals surface area (Å²) in [6, 6.07) is 5.06. The molecule has 3 nitrogen and oxygen atoms in total. The Morgan fingerprint density at radius 2 is 2.23 bits per heavy atom. The summed E-state index contributed by atoms with van der Waals surface area (Å²) in [5, 5.41) is 10.6. The van der Waals surface area contributed by atoms with Crippen molar-refractivity contribution in [1.82, 2.24) is 0 Å². The van der Waals surface area contributed by atoms with E-state index in [0.717, 1.165) is 16.2 Å². The van der Waals surface area contributed by atoms with Crippen LogP contribution in [0.1, 0.15) is 5.56 Å². The van der Waals surface area contributed by atoms with Crippen LogP contribution in [-0.2, 0) is 0 Å². The fourth-order valence-electron chi connectivity index (χ4n) is 0.778. The molecule has 1 aromatic rings. The Hall–Kier alpha value is -0.870. The van der Waals surface area contributed by atoms with Gasteiger partial charge in [-0.15, -0.1) is 0 Å². The number of nitro groups is 1. The zero-order chi connectivity index (χ0) is 9.84. The number of nitrogens with zero attached hydrogens (tertiary/aromatic N) is 1. The van der Waals surface area contributed by atoms with Gasteiger partial charge >= 0.3 is 0 Å². The van der Waals surface area contributed by atoms with Gasteiger partial charge in [-0.05, 0) is 17.7 Å². The molecule has 13 heavy (non-hydrogen) atoms. The number of hydrogen-bond donors (Lipinski definition) is 0. The van der Waals surface area contributed by atoms with Crippen LogP contribution in [0.3, 0.4) is 0 Å². The maximum absolute atomic E-state index is 10.0. The van der Waals surface area contributed by atoms with E-state index in [1.165, 1.54) is 6.08 Å². The first-order valence-corrected chi connectivity index (χ1v) is 4.53. The van der Waals surface area contributed by atoms with Gasteiger partial charge in [-0.3, -0.25) is 10.1 Å². The quantitative estimate of drug-likeness (QED) is 0.606. The molecule has 0 spiro atoms. The van der Waals surface area contributed by atoms with Gasteiger partial charge in [0.05, 0.1) is 4.92 Å². The van der Waals surface area contributed by atoms with E-state index < -0.39 is 4.92 Å². The first kappa shape index (κ1) is 10.2. The van der Waals surface area contributed by atoms with E-state index in [1.807, 2.05) is 0 Å². The second-order valence-electron chi connectivity index (χ2n) is 2.27. The summed E-state index contributed by atoms with van der Waals surface area (Å²) in [5.74, 6) is 0. The molecule has 1 aromatic carbocycles. The smallest absolute Gasteiger partial charge is 0.235 e. The van der Waals surface area contributed by atoms with Gasteiger partial charge in [0.25, 0.3) is 0 Å².